The lowest BCUT2D eigenvalue weighted by atomic mass is 9.86. The van der Waals surface area contributed by atoms with Gasteiger partial charge in [-0.3, -0.25) is 0 Å². The summed E-state index contributed by atoms with van der Waals surface area (Å²) in [6.07, 6.45) is 0. The number of fused-ring (bicyclic) bond motifs is 1. The predicted octanol–water partition coefficient (Wildman–Crippen LogP) is 6.31. The van der Waals surface area contributed by atoms with E-state index >= 15 is 0 Å². The largest absolute Gasteiger partial charge is 0.323 e. The van der Waals surface area contributed by atoms with Crippen molar-refractivity contribution < 1.29 is 0 Å². The van der Waals surface area contributed by atoms with Gasteiger partial charge in [0.15, 0.2) is 0 Å². The molecule has 1 heteroatoms. The van der Waals surface area contributed by atoms with Crippen LogP contribution in [0.1, 0.15) is 30.0 Å². The maximum atomic E-state index is 6.73. The maximum absolute atomic E-state index is 6.73. The van der Waals surface area contributed by atoms with E-state index in [1.54, 1.807) is 0 Å². The predicted molar refractivity (Wildman–Crippen MR) is 111 cm³/mol. The average molecular weight is 337 g/mol. The van der Waals surface area contributed by atoms with Crippen LogP contribution in [0.4, 0.5) is 0 Å². The molecule has 0 aliphatic rings. The van der Waals surface area contributed by atoms with Crippen molar-refractivity contribution in [2.24, 2.45) is 5.73 Å². The van der Waals surface area contributed by atoms with Gasteiger partial charge < -0.3 is 5.73 Å². The van der Waals surface area contributed by atoms with Crippen LogP contribution in [0.25, 0.3) is 21.9 Å². The van der Waals surface area contributed by atoms with Gasteiger partial charge in [0.05, 0.1) is 0 Å². The third-order valence-corrected chi connectivity index (χ3v) is 5.24. The molecule has 128 valence electrons. The molecule has 26 heavy (non-hydrogen) atoms. The van der Waals surface area contributed by atoms with E-state index in [9.17, 15) is 0 Å². The second kappa shape index (κ2) is 7.15. The van der Waals surface area contributed by atoms with E-state index in [4.69, 9.17) is 5.73 Å². The van der Waals surface area contributed by atoms with Crippen molar-refractivity contribution in [3.05, 3.63) is 108 Å². The molecule has 2 N–H and O–H groups in total. The van der Waals surface area contributed by atoms with Crippen LogP contribution < -0.4 is 5.73 Å². The molecule has 4 aromatic rings. The molecule has 2 unspecified atom stereocenters. The van der Waals surface area contributed by atoms with Crippen molar-refractivity contribution in [3.63, 3.8) is 0 Å². The summed E-state index contributed by atoms with van der Waals surface area (Å²) in [5.41, 5.74) is 11.7. The van der Waals surface area contributed by atoms with Crippen molar-refractivity contribution >= 4 is 10.8 Å². The van der Waals surface area contributed by atoms with Gasteiger partial charge in [-0.25, -0.2) is 0 Å². The highest BCUT2D eigenvalue weighted by Gasteiger charge is 2.19. The van der Waals surface area contributed by atoms with Gasteiger partial charge in [0.25, 0.3) is 0 Å². The van der Waals surface area contributed by atoms with Crippen molar-refractivity contribution in [1.29, 1.82) is 0 Å². The van der Waals surface area contributed by atoms with Crippen LogP contribution in [0.5, 0.6) is 0 Å². The van der Waals surface area contributed by atoms with Gasteiger partial charge in [-0.05, 0) is 33.0 Å². The third kappa shape index (κ3) is 3.14. The molecule has 0 aromatic heterocycles. The summed E-state index contributed by atoms with van der Waals surface area (Å²) in [7, 11) is 0. The first-order chi connectivity index (χ1) is 12.7. The Kier molecular flexibility index (Phi) is 4.55. The summed E-state index contributed by atoms with van der Waals surface area (Å²) >= 11 is 0. The molecule has 0 aliphatic heterocycles. The second-order valence-corrected chi connectivity index (χ2v) is 6.87. The van der Waals surface area contributed by atoms with Crippen LogP contribution in [-0.2, 0) is 0 Å². The van der Waals surface area contributed by atoms with Crippen LogP contribution in [-0.4, -0.2) is 0 Å². The summed E-state index contributed by atoms with van der Waals surface area (Å²) in [4.78, 5) is 0. The Labute approximate surface area is 155 Å². The summed E-state index contributed by atoms with van der Waals surface area (Å²) in [5, 5.41) is 2.49. The summed E-state index contributed by atoms with van der Waals surface area (Å²) in [5.74, 6) is 0.226. The van der Waals surface area contributed by atoms with Gasteiger partial charge in [-0.2, -0.15) is 0 Å². The van der Waals surface area contributed by atoms with Crippen LogP contribution in [0.3, 0.4) is 0 Å². The molecular formula is C25H23N. The molecule has 0 heterocycles. The van der Waals surface area contributed by atoms with Crippen LogP contribution in [0.2, 0.25) is 0 Å². The van der Waals surface area contributed by atoms with Gasteiger partial charge in [0.1, 0.15) is 0 Å². The Bertz CT molecular complexity index is 1010. The molecule has 2 atom stereocenters. The number of nitrogens with two attached hydrogens (primary N) is 1. The van der Waals surface area contributed by atoms with E-state index in [-0.39, 0.29) is 12.0 Å². The lowest BCUT2D eigenvalue weighted by Crippen LogP contribution is -2.18. The third-order valence-electron chi connectivity index (χ3n) is 5.24. The van der Waals surface area contributed by atoms with Crippen LogP contribution >= 0.6 is 0 Å². The molecule has 0 amide bonds. The Morgan fingerprint density at radius 3 is 2.15 bits per heavy atom. The van der Waals surface area contributed by atoms with E-state index in [0.717, 1.165) is 0 Å². The van der Waals surface area contributed by atoms with Crippen molar-refractivity contribution in [2.45, 2.75) is 18.9 Å². The van der Waals surface area contributed by atoms with E-state index in [0.29, 0.717) is 0 Å². The fraction of sp³-hybridized carbons (Fsp3) is 0.120. The van der Waals surface area contributed by atoms with E-state index in [1.807, 2.05) is 6.07 Å². The van der Waals surface area contributed by atoms with Crippen LogP contribution in [0.15, 0.2) is 97.1 Å². The zero-order chi connectivity index (χ0) is 17.9. The first kappa shape index (κ1) is 16.6. The molecule has 0 spiro atoms. The molecule has 0 saturated carbocycles. The first-order valence-electron chi connectivity index (χ1n) is 9.12. The normalized spacial score (nSPS) is 13.5. The number of rotatable bonds is 4. The van der Waals surface area contributed by atoms with Crippen molar-refractivity contribution in [2.75, 3.05) is 0 Å². The van der Waals surface area contributed by atoms with Gasteiger partial charge in [-0.15, -0.1) is 0 Å². The average Bonchev–Trinajstić information content (AvgIpc) is 2.73. The smallest absolute Gasteiger partial charge is 0.0368 e. The summed E-state index contributed by atoms with van der Waals surface area (Å²) < 4.78 is 0. The lowest BCUT2D eigenvalue weighted by Gasteiger charge is -2.23. The molecule has 0 saturated heterocycles. The molecule has 0 radical (unpaired) electrons. The fourth-order valence-corrected chi connectivity index (χ4v) is 3.65. The molecular weight excluding hydrogens is 314 g/mol. The van der Waals surface area contributed by atoms with Crippen LogP contribution in [0, 0.1) is 0 Å². The fourth-order valence-electron chi connectivity index (χ4n) is 3.65. The maximum Gasteiger partial charge on any atom is 0.0368 e. The SMILES string of the molecule is CC(c1cccc(-c2ccccc2)c1)C(N)c1cccc2ccccc12. The Morgan fingerprint density at radius 2 is 1.31 bits per heavy atom. The zero-order valence-electron chi connectivity index (χ0n) is 15.0. The molecule has 0 bridgehead atoms. The van der Waals surface area contributed by atoms with Gasteiger partial charge in [0.2, 0.25) is 0 Å². The highest BCUT2D eigenvalue weighted by Crippen LogP contribution is 2.34. The Hall–Kier alpha value is -2.90. The Balaban J connectivity index is 1.70. The molecule has 0 aliphatic carbocycles. The lowest BCUT2D eigenvalue weighted by molar-refractivity contribution is 0.602. The van der Waals surface area contributed by atoms with E-state index in [1.165, 1.54) is 33.0 Å². The highest BCUT2D eigenvalue weighted by molar-refractivity contribution is 5.86. The number of benzene rings is 4. The molecule has 4 rings (SSSR count). The van der Waals surface area contributed by atoms with Crippen molar-refractivity contribution in [3.8, 4) is 11.1 Å². The number of hydrogen-bond donors (Lipinski definition) is 1. The second-order valence-electron chi connectivity index (χ2n) is 6.87. The van der Waals surface area contributed by atoms with E-state index < -0.39 is 0 Å². The van der Waals surface area contributed by atoms with Gasteiger partial charge in [0, 0.05) is 12.0 Å². The van der Waals surface area contributed by atoms with E-state index in [2.05, 4.69) is 97.9 Å². The van der Waals surface area contributed by atoms with Crippen molar-refractivity contribution in [1.82, 2.24) is 0 Å². The zero-order valence-corrected chi connectivity index (χ0v) is 15.0. The monoisotopic (exact) mass is 337 g/mol. The highest BCUT2D eigenvalue weighted by atomic mass is 14.6. The molecule has 0 fully saturated rings. The first-order valence-corrected chi connectivity index (χ1v) is 9.12. The summed E-state index contributed by atoms with van der Waals surface area (Å²) in [6, 6.07) is 34.1. The topological polar surface area (TPSA) is 26.0 Å². The molecule has 1 nitrogen and oxygen atoms in total. The molecule has 4 aromatic carbocycles. The summed E-state index contributed by atoms with van der Waals surface area (Å²) in [6.45, 7) is 2.22. The minimum absolute atomic E-state index is 0.0490. The van der Waals surface area contributed by atoms with Gasteiger partial charge in [-0.1, -0.05) is 104 Å². The minimum atomic E-state index is -0.0490. The van der Waals surface area contributed by atoms with Gasteiger partial charge >= 0.3 is 0 Å². The standard InChI is InChI=1S/C25H23N/c1-18(21-13-7-14-22(17-21)19-9-3-2-4-10-19)25(26)24-16-8-12-20-11-5-6-15-23(20)24/h2-18,25H,26H2,1H3. The number of hydrogen-bond acceptors (Lipinski definition) is 1. The Morgan fingerprint density at radius 1 is 0.654 bits per heavy atom. The quantitative estimate of drug-likeness (QED) is 0.464. The minimum Gasteiger partial charge on any atom is -0.323 e.